The minimum atomic E-state index is 0.261. The minimum absolute atomic E-state index is 0.261. The minimum Gasteiger partial charge on any atom is -0.365 e. The van der Waals surface area contributed by atoms with E-state index in [1.165, 1.54) is 9.67 Å². The molecule has 0 atom stereocenters. The van der Waals surface area contributed by atoms with Gasteiger partial charge in [-0.1, -0.05) is 11.2 Å². The number of aromatic nitrogens is 4. The maximum atomic E-state index is 5.45. The van der Waals surface area contributed by atoms with Gasteiger partial charge in [-0.2, -0.15) is 0 Å². The number of hydrogen-bond acceptors (Lipinski definition) is 6. The summed E-state index contributed by atoms with van der Waals surface area (Å²) in [7, 11) is 0. The molecular formula is C6H8N6S. The Hall–Kier alpha value is -1.63. The van der Waals surface area contributed by atoms with Crippen molar-refractivity contribution in [3.05, 3.63) is 22.4 Å². The van der Waals surface area contributed by atoms with Gasteiger partial charge in [-0.15, -0.1) is 16.1 Å². The summed E-state index contributed by atoms with van der Waals surface area (Å²) >= 11 is 1.67. The van der Waals surface area contributed by atoms with Gasteiger partial charge >= 0.3 is 0 Å². The van der Waals surface area contributed by atoms with E-state index in [0.717, 1.165) is 0 Å². The lowest BCUT2D eigenvalue weighted by atomic mass is 10.5. The van der Waals surface area contributed by atoms with Gasteiger partial charge in [0, 0.05) is 4.88 Å². The first-order chi connectivity index (χ1) is 6.36. The molecule has 0 spiro atoms. The zero-order chi connectivity index (χ0) is 9.10. The van der Waals surface area contributed by atoms with Crippen LogP contribution < -0.4 is 11.2 Å². The fourth-order valence-electron chi connectivity index (χ4n) is 0.873. The van der Waals surface area contributed by atoms with Gasteiger partial charge in [-0.25, -0.2) is 0 Å². The molecule has 2 aromatic rings. The van der Waals surface area contributed by atoms with Crippen LogP contribution in [0.5, 0.6) is 0 Å². The Balaban J connectivity index is 1.97. The van der Waals surface area contributed by atoms with E-state index in [1.54, 1.807) is 11.3 Å². The first kappa shape index (κ1) is 7.99. The second-order valence-corrected chi connectivity index (χ2v) is 3.40. The lowest BCUT2D eigenvalue weighted by molar-refractivity contribution is 0.696. The van der Waals surface area contributed by atoms with E-state index in [0.29, 0.717) is 6.54 Å². The average Bonchev–Trinajstić information content (AvgIpc) is 2.72. The molecule has 0 saturated carbocycles. The van der Waals surface area contributed by atoms with Crippen molar-refractivity contribution in [1.82, 2.24) is 20.3 Å². The van der Waals surface area contributed by atoms with Crippen LogP contribution in [0.4, 0.5) is 5.95 Å². The standard InChI is InChI=1S/C6H8N6S/c7-6-9-10-11-12(6)8-4-5-2-1-3-13-5/h1-3,8H,4H2,(H2,7,9,11). The first-order valence-electron chi connectivity index (χ1n) is 3.66. The lowest BCUT2D eigenvalue weighted by Gasteiger charge is -2.02. The van der Waals surface area contributed by atoms with Crippen LogP contribution in [-0.2, 0) is 6.54 Å². The predicted octanol–water partition coefficient (Wildman–Crippen LogP) is 0.0605. The van der Waals surface area contributed by atoms with Crippen LogP contribution in [0.25, 0.3) is 0 Å². The molecule has 3 N–H and O–H groups in total. The number of nitrogens with zero attached hydrogens (tertiary/aromatic N) is 4. The van der Waals surface area contributed by atoms with Crippen molar-refractivity contribution in [2.75, 3.05) is 11.2 Å². The molecule has 0 aliphatic heterocycles. The van der Waals surface area contributed by atoms with E-state index in [-0.39, 0.29) is 5.95 Å². The summed E-state index contributed by atoms with van der Waals surface area (Å²) in [6.45, 7) is 0.674. The van der Waals surface area contributed by atoms with Crippen LogP contribution in [0.2, 0.25) is 0 Å². The molecule has 0 saturated heterocycles. The molecule has 2 heterocycles. The Morgan fingerprint density at radius 3 is 3.15 bits per heavy atom. The Kier molecular flexibility index (Phi) is 2.09. The predicted molar refractivity (Wildman–Crippen MR) is 49.6 cm³/mol. The van der Waals surface area contributed by atoms with Crippen LogP contribution in [0.1, 0.15) is 4.88 Å². The second-order valence-electron chi connectivity index (χ2n) is 2.36. The fraction of sp³-hybridized carbons (Fsp3) is 0.167. The van der Waals surface area contributed by atoms with Crippen molar-refractivity contribution in [3.63, 3.8) is 0 Å². The van der Waals surface area contributed by atoms with Crippen molar-refractivity contribution < 1.29 is 0 Å². The van der Waals surface area contributed by atoms with Crippen molar-refractivity contribution in [3.8, 4) is 0 Å². The van der Waals surface area contributed by atoms with Gasteiger partial charge in [0.25, 0.3) is 5.95 Å². The SMILES string of the molecule is Nc1nnnn1NCc1cccs1. The van der Waals surface area contributed by atoms with E-state index >= 15 is 0 Å². The van der Waals surface area contributed by atoms with Crippen molar-refractivity contribution in [1.29, 1.82) is 0 Å². The summed E-state index contributed by atoms with van der Waals surface area (Å²) in [4.78, 5) is 2.55. The number of nitrogen functional groups attached to an aromatic ring is 1. The number of nitrogens with one attached hydrogen (secondary N) is 1. The van der Waals surface area contributed by atoms with Gasteiger partial charge in [0.1, 0.15) is 0 Å². The molecule has 0 unspecified atom stereocenters. The highest BCUT2D eigenvalue weighted by atomic mass is 32.1. The van der Waals surface area contributed by atoms with Crippen LogP contribution in [0, 0.1) is 0 Å². The maximum Gasteiger partial charge on any atom is 0.260 e. The number of tetrazole rings is 1. The van der Waals surface area contributed by atoms with Gasteiger partial charge in [0.2, 0.25) is 0 Å². The molecule has 2 aromatic heterocycles. The van der Waals surface area contributed by atoms with Crippen molar-refractivity contribution >= 4 is 17.3 Å². The molecule has 0 fully saturated rings. The summed E-state index contributed by atoms with van der Waals surface area (Å²) in [5, 5.41) is 12.6. The highest BCUT2D eigenvalue weighted by molar-refractivity contribution is 7.09. The number of rotatable bonds is 3. The summed E-state index contributed by atoms with van der Waals surface area (Å²) in [5.41, 5.74) is 8.41. The smallest absolute Gasteiger partial charge is 0.260 e. The molecule has 7 heteroatoms. The molecule has 0 aliphatic rings. The molecule has 6 nitrogen and oxygen atoms in total. The highest BCUT2D eigenvalue weighted by Crippen LogP contribution is 2.07. The van der Waals surface area contributed by atoms with Gasteiger partial charge in [0.05, 0.1) is 6.54 Å². The quantitative estimate of drug-likeness (QED) is 0.725. The summed E-state index contributed by atoms with van der Waals surface area (Å²) in [6, 6.07) is 4.02. The molecule has 0 aromatic carbocycles. The van der Waals surface area contributed by atoms with Gasteiger partial charge in [0.15, 0.2) is 0 Å². The van der Waals surface area contributed by atoms with Gasteiger partial charge < -0.3 is 5.73 Å². The lowest BCUT2D eigenvalue weighted by Crippen LogP contribution is -2.17. The third-order valence-corrected chi connectivity index (χ3v) is 2.35. The third kappa shape index (κ3) is 1.75. The number of thiophene rings is 1. The molecule has 13 heavy (non-hydrogen) atoms. The zero-order valence-corrected chi connectivity index (χ0v) is 7.53. The molecule has 0 radical (unpaired) electrons. The molecule has 68 valence electrons. The number of nitrogens with two attached hydrogens (primary N) is 1. The van der Waals surface area contributed by atoms with E-state index in [1.807, 2.05) is 17.5 Å². The van der Waals surface area contributed by atoms with E-state index in [4.69, 9.17) is 5.73 Å². The summed E-state index contributed by atoms with van der Waals surface area (Å²) in [6.07, 6.45) is 0. The third-order valence-electron chi connectivity index (χ3n) is 1.48. The maximum absolute atomic E-state index is 5.45. The normalized spacial score (nSPS) is 10.2. The van der Waals surface area contributed by atoms with E-state index < -0.39 is 0 Å². The topological polar surface area (TPSA) is 81.7 Å². The van der Waals surface area contributed by atoms with Crippen LogP contribution in [-0.4, -0.2) is 20.3 Å². The first-order valence-corrected chi connectivity index (χ1v) is 4.54. The van der Waals surface area contributed by atoms with E-state index in [2.05, 4.69) is 21.0 Å². The summed E-state index contributed by atoms with van der Waals surface area (Å²) in [5.74, 6) is 0.261. The zero-order valence-electron chi connectivity index (χ0n) is 6.71. The average molecular weight is 196 g/mol. The Morgan fingerprint density at radius 1 is 1.62 bits per heavy atom. The van der Waals surface area contributed by atoms with Gasteiger partial charge in [-0.3, -0.25) is 5.43 Å². The van der Waals surface area contributed by atoms with Crippen LogP contribution in [0.3, 0.4) is 0 Å². The molecular weight excluding hydrogens is 188 g/mol. The Morgan fingerprint density at radius 2 is 2.54 bits per heavy atom. The van der Waals surface area contributed by atoms with Gasteiger partial charge in [-0.05, 0) is 21.9 Å². The fourth-order valence-corrected chi connectivity index (χ4v) is 1.51. The van der Waals surface area contributed by atoms with E-state index in [9.17, 15) is 0 Å². The second kappa shape index (κ2) is 3.40. The Bertz CT molecular complexity index is 366. The molecule has 0 amide bonds. The molecule has 0 aliphatic carbocycles. The largest absolute Gasteiger partial charge is 0.365 e. The number of hydrogen-bond donors (Lipinski definition) is 2. The Labute approximate surface area is 78.3 Å². The highest BCUT2D eigenvalue weighted by Gasteiger charge is 1.99. The summed E-state index contributed by atoms with van der Waals surface area (Å²) < 4.78 is 0. The molecule has 0 bridgehead atoms. The van der Waals surface area contributed by atoms with Crippen molar-refractivity contribution in [2.24, 2.45) is 0 Å². The van der Waals surface area contributed by atoms with Crippen LogP contribution >= 0.6 is 11.3 Å². The monoisotopic (exact) mass is 196 g/mol. The van der Waals surface area contributed by atoms with Crippen LogP contribution in [0.15, 0.2) is 17.5 Å². The molecule has 2 rings (SSSR count). The number of anilines is 1. The van der Waals surface area contributed by atoms with Crippen molar-refractivity contribution in [2.45, 2.75) is 6.54 Å².